The summed E-state index contributed by atoms with van der Waals surface area (Å²) in [6.45, 7) is 1.41. The normalized spacial score (nSPS) is 10.5. The Morgan fingerprint density at radius 2 is 1.68 bits per heavy atom. The maximum absolute atomic E-state index is 13.7. The first-order valence-electron chi connectivity index (χ1n) is 5.39. The first-order chi connectivity index (χ1) is 8.91. The summed E-state index contributed by atoms with van der Waals surface area (Å²) in [5.41, 5.74) is -0.742. The number of hydrogen-bond donors (Lipinski definition) is 1. The predicted octanol–water partition coefficient (Wildman–Crippen LogP) is 3.78. The number of hydrogen-bond acceptors (Lipinski definition) is 1. The van der Waals surface area contributed by atoms with Crippen LogP contribution in [0.15, 0.2) is 30.3 Å². The molecule has 0 aliphatic rings. The van der Waals surface area contributed by atoms with Crippen molar-refractivity contribution < 1.29 is 23.1 Å². The molecule has 0 amide bonds. The van der Waals surface area contributed by atoms with Crippen molar-refractivity contribution in [3.8, 4) is 11.1 Å². The molecule has 2 aromatic carbocycles. The third kappa shape index (κ3) is 2.31. The maximum Gasteiger partial charge on any atom is 0.339 e. The van der Waals surface area contributed by atoms with E-state index in [2.05, 4.69) is 0 Å². The molecule has 0 saturated heterocycles. The van der Waals surface area contributed by atoms with Crippen LogP contribution in [0.2, 0.25) is 0 Å². The van der Waals surface area contributed by atoms with E-state index < -0.39 is 29.0 Å². The molecule has 0 fully saturated rings. The molecule has 19 heavy (non-hydrogen) atoms. The molecule has 0 bridgehead atoms. The minimum Gasteiger partial charge on any atom is -0.478 e. The Hall–Kier alpha value is -2.30. The van der Waals surface area contributed by atoms with Crippen LogP contribution in [0.4, 0.5) is 13.2 Å². The molecule has 0 radical (unpaired) electrons. The molecule has 98 valence electrons. The monoisotopic (exact) mass is 266 g/mol. The SMILES string of the molecule is Cc1cc(-c2cccc(F)c2C(=O)O)c(F)cc1F. The van der Waals surface area contributed by atoms with Gasteiger partial charge in [-0.2, -0.15) is 0 Å². The topological polar surface area (TPSA) is 37.3 Å². The minimum atomic E-state index is -1.51. The molecule has 0 spiro atoms. The number of carboxylic acids is 1. The van der Waals surface area contributed by atoms with Crippen molar-refractivity contribution in [2.24, 2.45) is 0 Å². The summed E-state index contributed by atoms with van der Waals surface area (Å²) in [5, 5.41) is 8.99. The Morgan fingerprint density at radius 1 is 1.00 bits per heavy atom. The highest BCUT2D eigenvalue weighted by Crippen LogP contribution is 2.29. The van der Waals surface area contributed by atoms with Crippen molar-refractivity contribution in [3.05, 3.63) is 58.9 Å². The summed E-state index contributed by atoms with van der Waals surface area (Å²) in [6, 6.07) is 5.34. The van der Waals surface area contributed by atoms with Gasteiger partial charge >= 0.3 is 5.97 Å². The van der Waals surface area contributed by atoms with Crippen LogP contribution < -0.4 is 0 Å². The van der Waals surface area contributed by atoms with E-state index in [1.807, 2.05) is 0 Å². The summed E-state index contributed by atoms with van der Waals surface area (Å²) in [7, 11) is 0. The third-order valence-corrected chi connectivity index (χ3v) is 2.77. The maximum atomic E-state index is 13.7. The lowest BCUT2D eigenvalue weighted by Gasteiger charge is -2.09. The van der Waals surface area contributed by atoms with Gasteiger partial charge in [-0.25, -0.2) is 18.0 Å². The summed E-state index contributed by atoms with van der Waals surface area (Å²) < 4.78 is 40.4. The molecule has 0 heterocycles. The highest BCUT2D eigenvalue weighted by Gasteiger charge is 2.19. The second-order valence-electron chi connectivity index (χ2n) is 4.05. The van der Waals surface area contributed by atoms with Crippen LogP contribution >= 0.6 is 0 Å². The Labute approximate surface area is 107 Å². The highest BCUT2D eigenvalue weighted by atomic mass is 19.1. The highest BCUT2D eigenvalue weighted by molar-refractivity contribution is 5.96. The van der Waals surface area contributed by atoms with E-state index in [0.717, 1.165) is 12.1 Å². The lowest BCUT2D eigenvalue weighted by atomic mass is 9.97. The van der Waals surface area contributed by atoms with Crippen molar-refractivity contribution >= 4 is 5.97 Å². The molecule has 1 N–H and O–H groups in total. The van der Waals surface area contributed by atoms with E-state index in [1.54, 1.807) is 0 Å². The van der Waals surface area contributed by atoms with Gasteiger partial charge in [0.15, 0.2) is 0 Å². The van der Waals surface area contributed by atoms with E-state index in [-0.39, 0.29) is 16.7 Å². The molecule has 0 aliphatic carbocycles. The Kier molecular flexibility index (Phi) is 3.29. The van der Waals surface area contributed by atoms with Gasteiger partial charge in [0.25, 0.3) is 0 Å². The van der Waals surface area contributed by atoms with E-state index in [1.165, 1.54) is 19.1 Å². The van der Waals surface area contributed by atoms with Crippen LogP contribution in [0.25, 0.3) is 11.1 Å². The lowest BCUT2D eigenvalue weighted by molar-refractivity contribution is 0.0693. The number of carboxylic acid groups (broad SMARTS) is 1. The third-order valence-electron chi connectivity index (χ3n) is 2.77. The summed E-state index contributed by atoms with van der Waals surface area (Å²) in [5.74, 6) is -4.15. The van der Waals surface area contributed by atoms with Crippen LogP contribution in [0.5, 0.6) is 0 Å². The van der Waals surface area contributed by atoms with Gasteiger partial charge in [0.05, 0.1) is 0 Å². The van der Waals surface area contributed by atoms with Crippen molar-refractivity contribution in [1.29, 1.82) is 0 Å². The van der Waals surface area contributed by atoms with E-state index in [0.29, 0.717) is 6.07 Å². The smallest absolute Gasteiger partial charge is 0.339 e. The van der Waals surface area contributed by atoms with Gasteiger partial charge in [-0.1, -0.05) is 12.1 Å². The molecule has 0 aliphatic heterocycles. The number of benzene rings is 2. The van der Waals surface area contributed by atoms with Gasteiger partial charge in [0, 0.05) is 17.2 Å². The summed E-state index contributed by atoms with van der Waals surface area (Å²) >= 11 is 0. The van der Waals surface area contributed by atoms with E-state index >= 15 is 0 Å². The largest absolute Gasteiger partial charge is 0.478 e. The first-order valence-corrected chi connectivity index (χ1v) is 5.39. The van der Waals surface area contributed by atoms with Gasteiger partial charge in [0.1, 0.15) is 23.0 Å². The molecular formula is C14H9F3O2. The average Bonchev–Trinajstić information content (AvgIpc) is 2.33. The fraction of sp³-hybridized carbons (Fsp3) is 0.0714. The molecule has 2 aromatic rings. The van der Waals surface area contributed by atoms with Crippen LogP contribution in [0, 0.1) is 24.4 Å². The molecular weight excluding hydrogens is 257 g/mol. The predicted molar refractivity (Wildman–Crippen MR) is 63.4 cm³/mol. The molecule has 2 nitrogen and oxygen atoms in total. The van der Waals surface area contributed by atoms with Crippen LogP contribution in [-0.2, 0) is 0 Å². The molecule has 5 heteroatoms. The van der Waals surface area contributed by atoms with Gasteiger partial charge in [0.2, 0.25) is 0 Å². The van der Waals surface area contributed by atoms with Crippen molar-refractivity contribution in [3.63, 3.8) is 0 Å². The Bertz CT molecular complexity index is 666. The molecule has 0 atom stereocenters. The number of rotatable bonds is 2. The summed E-state index contributed by atoms with van der Waals surface area (Å²) in [4.78, 5) is 11.0. The van der Waals surface area contributed by atoms with Crippen molar-refractivity contribution in [2.45, 2.75) is 6.92 Å². The quantitative estimate of drug-likeness (QED) is 0.898. The van der Waals surface area contributed by atoms with E-state index in [4.69, 9.17) is 5.11 Å². The van der Waals surface area contributed by atoms with Crippen molar-refractivity contribution in [1.82, 2.24) is 0 Å². The van der Waals surface area contributed by atoms with Crippen LogP contribution in [0.1, 0.15) is 15.9 Å². The average molecular weight is 266 g/mol. The lowest BCUT2D eigenvalue weighted by Crippen LogP contribution is -2.04. The van der Waals surface area contributed by atoms with Crippen molar-refractivity contribution in [2.75, 3.05) is 0 Å². The zero-order valence-corrected chi connectivity index (χ0v) is 9.88. The Balaban J connectivity index is 2.76. The number of aryl methyl sites for hydroxylation is 1. The number of halogens is 3. The molecule has 0 aromatic heterocycles. The summed E-state index contributed by atoms with van der Waals surface area (Å²) in [6.07, 6.45) is 0. The number of aromatic carboxylic acids is 1. The second kappa shape index (κ2) is 4.76. The number of carbonyl (C=O) groups is 1. The standard InChI is InChI=1S/C14H9F3O2/c1-7-5-9(12(17)6-11(7)16)8-3-2-4-10(15)13(8)14(18)19/h2-6H,1H3,(H,18,19). The van der Waals surface area contributed by atoms with Crippen LogP contribution in [0.3, 0.4) is 0 Å². The zero-order valence-electron chi connectivity index (χ0n) is 9.88. The molecule has 2 rings (SSSR count). The van der Waals surface area contributed by atoms with Gasteiger partial charge in [-0.15, -0.1) is 0 Å². The molecule has 0 saturated carbocycles. The van der Waals surface area contributed by atoms with Crippen LogP contribution in [-0.4, -0.2) is 11.1 Å². The molecule has 0 unspecified atom stereocenters. The Morgan fingerprint density at radius 3 is 2.32 bits per heavy atom. The van der Waals surface area contributed by atoms with Gasteiger partial charge < -0.3 is 5.11 Å². The van der Waals surface area contributed by atoms with Gasteiger partial charge in [-0.05, 0) is 24.6 Å². The first kappa shape index (κ1) is 13.1. The second-order valence-corrected chi connectivity index (χ2v) is 4.05. The van der Waals surface area contributed by atoms with E-state index in [9.17, 15) is 18.0 Å². The zero-order chi connectivity index (χ0) is 14.2. The minimum absolute atomic E-state index is 0.117. The fourth-order valence-corrected chi connectivity index (χ4v) is 1.83. The van der Waals surface area contributed by atoms with Gasteiger partial charge in [-0.3, -0.25) is 0 Å². The fourth-order valence-electron chi connectivity index (χ4n) is 1.83.